The van der Waals surface area contributed by atoms with E-state index in [0.29, 0.717) is 11.3 Å². The Morgan fingerprint density at radius 3 is 2.67 bits per heavy atom. The Morgan fingerprint density at radius 2 is 1.97 bits per heavy atom. The number of carbonyl (C=O) groups excluding carboxylic acids is 1. The fourth-order valence-electron chi connectivity index (χ4n) is 3.67. The van der Waals surface area contributed by atoms with Gasteiger partial charge in [-0.3, -0.25) is 4.79 Å². The number of ether oxygens (including phenoxy) is 1. The number of aromatic nitrogens is 1. The molecule has 6 heteroatoms. The van der Waals surface area contributed by atoms with Crippen molar-refractivity contribution in [1.29, 1.82) is 0 Å². The molecule has 0 aliphatic rings. The highest BCUT2D eigenvalue weighted by atomic mass is 79.9. The number of hydrogen-bond acceptors (Lipinski definition) is 3. The van der Waals surface area contributed by atoms with Crippen LogP contribution in [0.25, 0.3) is 5.69 Å². The van der Waals surface area contributed by atoms with E-state index < -0.39 is 0 Å². The maximum absolute atomic E-state index is 12.5. The average molecular weight is 468 g/mol. The van der Waals surface area contributed by atoms with E-state index in [0.717, 1.165) is 27.8 Å². The Hall–Kier alpha value is -2.86. The van der Waals surface area contributed by atoms with Crippen LogP contribution >= 0.6 is 15.9 Å². The molecule has 0 saturated heterocycles. The molecule has 0 atom stereocenters. The van der Waals surface area contributed by atoms with E-state index >= 15 is 0 Å². The summed E-state index contributed by atoms with van der Waals surface area (Å²) < 4.78 is 8.33. The van der Waals surface area contributed by atoms with Crippen molar-refractivity contribution >= 4 is 28.1 Å². The molecule has 0 aliphatic carbocycles. The summed E-state index contributed by atoms with van der Waals surface area (Å²) in [6.07, 6.45) is 2.65. The lowest BCUT2D eigenvalue weighted by Crippen LogP contribution is -2.18. The first-order chi connectivity index (χ1) is 14.4. The van der Waals surface area contributed by atoms with Gasteiger partial charge in [-0.05, 0) is 62.6 Å². The highest BCUT2D eigenvalue weighted by Crippen LogP contribution is 2.26. The monoisotopic (exact) mass is 467 g/mol. The second-order valence-corrected chi connectivity index (χ2v) is 8.06. The molecule has 1 aromatic heterocycles. The summed E-state index contributed by atoms with van der Waals surface area (Å²) in [6, 6.07) is 13.7. The number of nitrogens with one attached hydrogen (secondary N) is 1. The second-order valence-electron chi connectivity index (χ2n) is 7.14. The third-order valence-corrected chi connectivity index (χ3v) is 5.67. The van der Waals surface area contributed by atoms with Gasteiger partial charge in [-0.25, -0.2) is 5.43 Å². The minimum absolute atomic E-state index is 0.328. The number of nitrogens with zero attached hydrogens (tertiary/aromatic N) is 2. The van der Waals surface area contributed by atoms with E-state index in [-0.39, 0.29) is 5.91 Å². The Morgan fingerprint density at radius 1 is 1.20 bits per heavy atom. The zero-order valence-electron chi connectivity index (χ0n) is 17.9. The number of benzene rings is 2. The van der Waals surface area contributed by atoms with E-state index in [1.165, 1.54) is 23.9 Å². The smallest absolute Gasteiger partial charge is 0.275 e. The van der Waals surface area contributed by atoms with Crippen LogP contribution in [0.4, 0.5) is 0 Å². The predicted octanol–water partition coefficient (Wildman–Crippen LogP) is 5.50. The molecule has 3 aromatic rings. The number of methoxy groups -OCH3 is 1. The van der Waals surface area contributed by atoms with Gasteiger partial charge in [-0.1, -0.05) is 41.1 Å². The van der Waals surface area contributed by atoms with Crippen LogP contribution in [0.5, 0.6) is 5.75 Å². The van der Waals surface area contributed by atoms with Crippen molar-refractivity contribution < 1.29 is 9.53 Å². The van der Waals surface area contributed by atoms with Crippen LogP contribution in [-0.4, -0.2) is 23.8 Å². The standard InChI is InChI=1S/C24H26BrN3O2/c1-6-18-9-7-8-15(2)23(18)28-16(3)12-19(17(28)4)14-26-27-24(29)21-13-20(25)10-11-22(21)30-5/h7-14H,6H2,1-5H3,(H,27,29)/b26-14-. The summed E-state index contributed by atoms with van der Waals surface area (Å²) in [6.45, 7) is 8.45. The van der Waals surface area contributed by atoms with E-state index in [2.05, 4.69) is 83.0 Å². The number of hydrazone groups is 1. The van der Waals surface area contributed by atoms with Crippen LogP contribution in [0.2, 0.25) is 0 Å². The average Bonchev–Trinajstić information content (AvgIpc) is 3.00. The number of rotatable bonds is 6. The number of carbonyl (C=O) groups is 1. The van der Waals surface area contributed by atoms with Crippen molar-refractivity contribution in [2.24, 2.45) is 5.10 Å². The highest BCUT2D eigenvalue weighted by molar-refractivity contribution is 9.10. The largest absolute Gasteiger partial charge is 0.496 e. The molecule has 0 aliphatic heterocycles. The molecule has 1 heterocycles. The quantitative estimate of drug-likeness (QED) is 0.384. The fourth-order valence-corrected chi connectivity index (χ4v) is 4.03. The van der Waals surface area contributed by atoms with Gasteiger partial charge in [-0.2, -0.15) is 5.10 Å². The maximum Gasteiger partial charge on any atom is 0.275 e. The second kappa shape index (κ2) is 9.30. The Kier molecular flexibility index (Phi) is 6.77. The number of halogens is 1. The Bertz CT molecular complexity index is 1120. The molecule has 2 aromatic carbocycles. The van der Waals surface area contributed by atoms with Crippen molar-refractivity contribution in [2.75, 3.05) is 7.11 Å². The van der Waals surface area contributed by atoms with Crippen LogP contribution in [0.1, 0.15) is 45.4 Å². The highest BCUT2D eigenvalue weighted by Gasteiger charge is 2.15. The summed E-state index contributed by atoms with van der Waals surface area (Å²) in [7, 11) is 1.54. The molecule has 3 rings (SSSR count). The van der Waals surface area contributed by atoms with Gasteiger partial charge in [0.1, 0.15) is 5.75 Å². The minimum atomic E-state index is -0.328. The molecule has 0 saturated carbocycles. The van der Waals surface area contributed by atoms with Gasteiger partial charge in [-0.15, -0.1) is 0 Å². The lowest BCUT2D eigenvalue weighted by atomic mass is 10.1. The number of aryl methyl sites for hydroxylation is 3. The summed E-state index contributed by atoms with van der Waals surface area (Å²) >= 11 is 3.38. The fraction of sp³-hybridized carbons (Fsp3) is 0.250. The SMILES string of the molecule is CCc1cccc(C)c1-n1c(C)cc(/C=N\NC(=O)c2cc(Br)ccc2OC)c1C. The molecule has 0 unspecified atom stereocenters. The van der Waals surface area contributed by atoms with Crippen LogP contribution < -0.4 is 10.2 Å². The van der Waals surface area contributed by atoms with Gasteiger partial charge in [0.05, 0.1) is 24.6 Å². The summed E-state index contributed by atoms with van der Waals surface area (Å²) in [4.78, 5) is 12.5. The predicted molar refractivity (Wildman–Crippen MR) is 125 cm³/mol. The Balaban J connectivity index is 1.88. The van der Waals surface area contributed by atoms with Crippen molar-refractivity contribution in [3.05, 3.63) is 80.6 Å². The summed E-state index contributed by atoms with van der Waals surface area (Å²) in [5, 5.41) is 4.19. The van der Waals surface area contributed by atoms with Crippen LogP contribution in [-0.2, 0) is 6.42 Å². The van der Waals surface area contributed by atoms with E-state index in [1.54, 1.807) is 18.3 Å². The molecule has 156 valence electrons. The third-order valence-electron chi connectivity index (χ3n) is 5.17. The first-order valence-electron chi connectivity index (χ1n) is 9.82. The first kappa shape index (κ1) is 21.8. The molecule has 0 fully saturated rings. The normalized spacial score (nSPS) is 11.1. The van der Waals surface area contributed by atoms with E-state index in [4.69, 9.17) is 4.74 Å². The van der Waals surface area contributed by atoms with Gasteiger partial charge in [0.15, 0.2) is 0 Å². The van der Waals surface area contributed by atoms with Gasteiger partial charge in [0, 0.05) is 21.4 Å². The number of para-hydroxylation sites is 1. The molecule has 1 N–H and O–H groups in total. The number of amides is 1. The zero-order valence-corrected chi connectivity index (χ0v) is 19.5. The van der Waals surface area contributed by atoms with Gasteiger partial charge in [0.25, 0.3) is 5.91 Å². The van der Waals surface area contributed by atoms with E-state index in [1.807, 2.05) is 6.07 Å². The maximum atomic E-state index is 12.5. The first-order valence-corrected chi connectivity index (χ1v) is 10.6. The lowest BCUT2D eigenvalue weighted by Gasteiger charge is -2.17. The summed E-state index contributed by atoms with van der Waals surface area (Å²) in [5.41, 5.74) is 9.93. The molecule has 0 bridgehead atoms. The van der Waals surface area contributed by atoms with Crippen LogP contribution in [0, 0.1) is 20.8 Å². The molecule has 0 radical (unpaired) electrons. The van der Waals surface area contributed by atoms with Gasteiger partial charge < -0.3 is 9.30 Å². The molecule has 30 heavy (non-hydrogen) atoms. The van der Waals surface area contributed by atoms with E-state index in [9.17, 15) is 4.79 Å². The van der Waals surface area contributed by atoms with Crippen molar-refractivity contribution in [2.45, 2.75) is 34.1 Å². The van der Waals surface area contributed by atoms with Crippen LogP contribution in [0.3, 0.4) is 0 Å². The van der Waals surface area contributed by atoms with Gasteiger partial charge >= 0.3 is 0 Å². The summed E-state index contributed by atoms with van der Waals surface area (Å²) in [5.74, 6) is 0.168. The van der Waals surface area contributed by atoms with Crippen molar-refractivity contribution in [3.63, 3.8) is 0 Å². The molecular weight excluding hydrogens is 442 g/mol. The zero-order chi connectivity index (χ0) is 21.8. The molecule has 0 spiro atoms. The van der Waals surface area contributed by atoms with Crippen molar-refractivity contribution in [1.82, 2.24) is 9.99 Å². The van der Waals surface area contributed by atoms with Crippen molar-refractivity contribution in [3.8, 4) is 11.4 Å². The minimum Gasteiger partial charge on any atom is -0.496 e. The number of hydrogen-bond donors (Lipinski definition) is 1. The van der Waals surface area contributed by atoms with Gasteiger partial charge in [0.2, 0.25) is 0 Å². The van der Waals surface area contributed by atoms with Crippen LogP contribution in [0.15, 0.2) is 52.0 Å². The topological polar surface area (TPSA) is 55.6 Å². The molecular formula is C24H26BrN3O2. The molecule has 1 amide bonds. The lowest BCUT2D eigenvalue weighted by molar-refractivity contribution is 0.0952. The third kappa shape index (κ3) is 4.33. The Labute approximate surface area is 185 Å². The molecule has 5 nitrogen and oxygen atoms in total.